The van der Waals surface area contributed by atoms with Crippen LogP contribution in [0.15, 0.2) is 69.2 Å². The number of thioether (sulfide) groups is 1. The van der Waals surface area contributed by atoms with Crippen molar-refractivity contribution < 1.29 is 13.9 Å². The van der Waals surface area contributed by atoms with Crippen LogP contribution in [0.4, 0.5) is 0 Å². The van der Waals surface area contributed by atoms with Crippen LogP contribution in [0, 0.1) is 0 Å². The van der Waals surface area contributed by atoms with Crippen molar-refractivity contribution in [2.24, 2.45) is 4.99 Å². The molecule has 3 aromatic rings. The lowest BCUT2D eigenvalue weighted by atomic mass is 9.97. The molecule has 0 saturated carbocycles. The summed E-state index contributed by atoms with van der Waals surface area (Å²) in [6.07, 6.45) is 0. The van der Waals surface area contributed by atoms with Crippen LogP contribution < -0.4 is 5.32 Å². The molecule has 4 rings (SSSR count). The third kappa shape index (κ3) is 5.58. The van der Waals surface area contributed by atoms with E-state index in [4.69, 9.17) is 37.3 Å². The summed E-state index contributed by atoms with van der Waals surface area (Å²) >= 11 is 13.4. The number of hydrogen-bond acceptors (Lipinski definition) is 8. The predicted molar refractivity (Wildman–Crippen MR) is 130 cm³/mol. The van der Waals surface area contributed by atoms with Crippen LogP contribution in [0.1, 0.15) is 31.3 Å². The maximum Gasteiger partial charge on any atom is 0.338 e. The van der Waals surface area contributed by atoms with E-state index in [0.29, 0.717) is 44.0 Å². The standard InChI is InChI=1S/C23H20Cl2N4O3S/c1-3-31-22(30)19-13(2)26-23(27-20(19)14-4-8-16(24)9-5-14)33-12-18-28-29-21(32-18)15-6-10-17(25)11-7-15/h4-11,20H,3,12H2,1-2H3,(H,26,27). The highest BCUT2D eigenvalue weighted by atomic mass is 35.5. The zero-order chi connectivity index (χ0) is 23.4. The topological polar surface area (TPSA) is 89.6 Å². The van der Waals surface area contributed by atoms with Gasteiger partial charge in [-0.25, -0.2) is 9.79 Å². The van der Waals surface area contributed by atoms with Crippen molar-refractivity contribution in [1.29, 1.82) is 0 Å². The van der Waals surface area contributed by atoms with E-state index in [-0.39, 0.29) is 6.61 Å². The van der Waals surface area contributed by atoms with Gasteiger partial charge in [-0.15, -0.1) is 10.2 Å². The number of carbonyl (C=O) groups is 1. The number of aromatic nitrogens is 2. The molecule has 1 atom stereocenters. The van der Waals surface area contributed by atoms with E-state index >= 15 is 0 Å². The van der Waals surface area contributed by atoms with Gasteiger partial charge in [0.2, 0.25) is 11.8 Å². The molecule has 1 aliphatic rings. The molecular weight excluding hydrogens is 483 g/mol. The smallest absolute Gasteiger partial charge is 0.338 e. The van der Waals surface area contributed by atoms with E-state index in [0.717, 1.165) is 11.1 Å². The summed E-state index contributed by atoms with van der Waals surface area (Å²) in [5.74, 6) is 0.873. The number of halogens is 2. The van der Waals surface area contributed by atoms with Gasteiger partial charge in [0.05, 0.1) is 17.9 Å². The summed E-state index contributed by atoms with van der Waals surface area (Å²) in [6, 6.07) is 13.9. The molecular formula is C23H20Cl2N4O3S. The van der Waals surface area contributed by atoms with Crippen molar-refractivity contribution >= 4 is 46.1 Å². The van der Waals surface area contributed by atoms with Gasteiger partial charge in [0.1, 0.15) is 6.04 Å². The number of nitrogens with one attached hydrogen (secondary N) is 1. The van der Waals surface area contributed by atoms with Gasteiger partial charge in [0.15, 0.2) is 5.17 Å². The first-order chi connectivity index (χ1) is 15.9. The molecule has 1 N–H and O–H groups in total. The maximum absolute atomic E-state index is 12.6. The zero-order valence-corrected chi connectivity index (χ0v) is 20.2. The third-order valence-corrected chi connectivity index (χ3v) is 6.17. The highest BCUT2D eigenvalue weighted by Gasteiger charge is 2.30. The first-order valence-electron chi connectivity index (χ1n) is 10.1. The van der Waals surface area contributed by atoms with Crippen LogP contribution in [0.2, 0.25) is 10.0 Å². The molecule has 170 valence electrons. The first-order valence-corrected chi connectivity index (χ1v) is 11.9. The molecule has 0 aliphatic carbocycles. The fraction of sp³-hybridized carbons (Fsp3) is 0.217. The SMILES string of the molecule is CCOC(=O)C1=C(C)NC(SCc2nnc(-c3ccc(Cl)cc3)o2)=NC1c1ccc(Cl)cc1. The van der Waals surface area contributed by atoms with Crippen LogP contribution >= 0.6 is 35.0 Å². The second kappa shape index (κ2) is 10.4. The van der Waals surface area contributed by atoms with Crippen LogP contribution in [0.3, 0.4) is 0 Å². The molecule has 2 heterocycles. The maximum atomic E-state index is 12.6. The number of aliphatic imine (C=N–C) groups is 1. The number of amidine groups is 1. The predicted octanol–water partition coefficient (Wildman–Crippen LogP) is 5.81. The van der Waals surface area contributed by atoms with Crippen molar-refractivity contribution in [2.75, 3.05) is 6.61 Å². The van der Waals surface area contributed by atoms with Gasteiger partial charge in [-0.1, -0.05) is 47.1 Å². The third-order valence-electron chi connectivity index (χ3n) is 4.79. The molecule has 1 unspecified atom stereocenters. The minimum absolute atomic E-state index is 0.279. The van der Waals surface area contributed by atoms with Crippen LogP contribution in [-0.2, 0) is 15.3 Å². The number of carbonyl (C=O) groups excluding carboxylic acids is 1. The number of benzene rings is 2. The summed E-state index contributed by atoms with van der Waals surface area (Å²) < 4.78 is 11.0. The Balaban J connectivity index is 1.53. The molecule has 0 saturated heterocycles. The molecule has 0 bridgehead atoms. The molecule has 33 heavy (non-hydrogen) atoms. The Morgan fingerprint density at radius 3 is 2.42 bits per heavy atom. The largest absolute Gasteiger partial charge is 0.463 e. The van der Waals surface area contributed by atoms with E-state index in [9.17, 15) is 4.79 Å². The van der Waals surface area contributed by atoms with Crippen molar-refractivity contribution in [3.63, 3.8) is 0 Å². The summed E-state index contributed by atoms with van der Waals surface area (Å²) in [5, 5.41) is 13.3. The lowest BCUT2D eigenvalue weighted by molar-refractivity contribution is -0.138. The monoisotopic (exact) mass is 502 g/mol. The van der Waals surface area contributed by atoms with E-state index in [1.807, 2.05) is 31.2 Å². The number of hydrogen-bond donors (Lipinski definition) is 1. The molecule has 0 fully saturated rings. The van der Waals surface area contributed by atoms with E-state index < -0.39 is 12.0 Å². The molecule has 0 spiro atoms. The highest BCUT2D eigenvalue weighted by Crippen LogP contribution is 2.34. The molecule has 1 aromatic heterocycles. The highest BCUT2D eigenvalue weighted by molar-refractivity contribution is 8.13. The van der Waals surface area contributed by atoms with Crippen LogP contribution in [0.5, 0.6) is 0 Å². The number of nitrogens with zero attached hydrogens (tertiary/aromatic N) is 3. The minimum atomic E-state index is -0.516. The van der Waals surface area contributed by atoms with Gasteiger partial charge in [-0.05, 0) is 55.8 Å². The van der Waals surface area contributed by atoms with Gasteiger partial charge >= 0.3 is 5.97 Å². The van der Waals surface area contributed by atoms with Gasteiger partial charge < -0.3 is 14.5 Å². The number of rotatable bonds is 6. The summed E-state index contributed by atoms with van der Waals surface area (Å²) in [6.45, 7) is 3.88. The number of ether oxygens (including phenoxy) is 1. The summed E-state index contributed by atoms with van der Waals surface area (Å²) in [4.78, 5) is 17.4. The lowest BCUT2D eigenvalue weighted by Gasteiger charge is -2.25. The van der Waals surface area contributed by atoms with Crippen molar-refractivity contribution in [2.45, 2.75) is 25.6 Å². The summed E-state index contributed by atoms with van der Waals surface area (Å²) in [5.41, 5.74) is 2.77. The number of esters is 1. The summed E-state index contributed by atoms with van der Waals surface area (Å²) in [7, 11) is 0. The van der Waals surface area contributed by atoms with Crippen molar-refractivity contribution in [3.8, 4) is 11.5 Å². The Hall–Kier alpha value is -2.81. The molecule has 0 amide bonds. The van der Waals surface area contributed by atoms with Gasteiger partial charge in [0, 0.05) is 21.3 Å². The average Bonchev–Trinajstić information content (AvgIpc) is 3.27. The molecule has 0 radical (unpaired) electrons. The molecule has 1 aliphatic heterocycles. The zero-order valence-electron chi connectivity index (χ0n) is 17.8. The molecule has 7 nitrogen and oxygen atoms in total. The Kier molecular flexibility index (Phi) is 7.37. The van der Waals surface area contributed by atoms with E-state index in [1.54, 1.807) is 31.2 Å². The minimum Gasteiger partial charge on any atom is -0.463 e. The normalized spacial score (nSPS) is 15.8. The molecule has 10 heteroatoms. The van der Waals surface area contributed by atoms with Crippen molar-refractivity contribution in [3.05, 3.63) is 81.3 Å². The van der Waals surface area contributed by atoms with E-state index in [2.05, 4.69) is 15.5 Å². The Bertz CT molecular complexity index is 1210. The Morgan fingerprint density at radius 2 is 1.76 bits per heavy atom. The van der Waals surface area contributed by atoms with Crippen LogP contribution in [0.25, 0.3) is 11.5 Å². The molecule has 2 aromatic carbocycles. The lowest BCUT2D eigenvalue weighted by Crippen LogP contribution is -2.30. The quantitative estimate of drug-likeness (QED) is 0.425. The second-order valence-corrected chi connectivity index (χ2v) is 8.91. The van der Waals surface area contributed by atoms with Gasteiger partial charge in [-0.2, -0.15) is 0 Å². The Labute approximate surface area is 205 Å². The fourth-order valence-electron chi connectivity index (χ4n) is 3.23. The van der Waals surface area contributed by atoms with Crippen LogP contribution in [-0.4, -0.2) is 27.9 Å². The average molecular weight is 503 g/mol. The van der Waals surface area contributed by atoms with Crippen molar-refractivity contribution in [1.82, 2.24) is 15.5 Å². The Morgan fingerprint density at radius 1 is 1.09 bits per heavy atom. The van der Waals surface area contributed by atoms with Gasteiger partial charge in [0.25, 0.3) is 0 Å². The van der Waals surface area contributed by atoms with Gasteiger partial charge in [-0.3, -0.25) is 0 Å². The fourth-order valence-corrected chi connectivity index (χ4v) is 4.27. The first kappa shape index (κ1) is 23.4. The van der Waals surface area contributed by atoms with E-state index in [1.165, 1.54) is 11.8 Å². The second-order valence-electron chi connectivity index (χ2n) is 7.07. The number of allylic oxidation sites excluding steroid dienone is 1.